The number of amides is 2. The summed E-state index contributed by atoms with van der Waals surface area (Å²) in [4.78, 5) is 21.7. The Labute approximate surface area is 87.8 Å². The third-order valence-corrected chi connectivity index (χ3v) is 2.39. The lowest BCUT2D eigenvalue weighted by atomic mass is 10.0. The number of nitrogens with one attached hydrogen (secondary N) is 1. The van der Waals surface area contributed by atoms with Gasteiger partial charge in [0.2, 0.25) is 0 Å². The van der Waals surface area contributed by atoms with Crippen LogP contribution in [0.4, 0.5) is 4.79 Å². The van der Waals surface area contributed by atoms with Crippen molar-refractivity contribution in [1.29, 1.82) is 0 Å². The minimum atomic E-state index is -0.731. The Balaban J connectivity index is 2.56. The Kier molecular flexibility index (Phi) is 3.65. The quantitative estimate of drug-likeness (QED) is 0.403. The van der Waals surface area contributed by atoms with E-state index in [1.165, 1.54) is 0 Å². The van der Waals surface area contributed by atoms with Crippen LogP contribution in [0.3, 0.4) is 0 Å². The van der Waals surface area contributed by atoms with Gasteiger partial charge in [0.25, 0.3) is 0 Å². The fourth-order valence-electron chi connectivity index (χ4n) is 1.44. The Morgan fingerprint density at radius 2 is 2.40 bits per heavy atom. The molecule has 0 aliphatic carbocycles. The summed E-state index contributed by atoms with van der Waals surface area (Å²) < 4.78 is 5.10. The number of carbonyl (C=O) groups is 2. The summed E-state index contributed by atoms with van der Waals surface area (Å²) >= 11 is 0. The van der Waals surface area contributed by atoms with Crippen LogP contribution in [-0.4, -0.2) is 23.8 Å². The molecule has 1 saturated heterocycles. The van der Waals surface area contributed by atoms with E-state index in [1.807, 2.05) is 6.92 Å². The molecule has 0 radical (unpaired) electrons. The lowest BCUT2D eigenvalue weighted by Gasteiger charge is -2.07. The van der Waals surface area contributed by atoms with Crippen molar-refractivity contribution in [3.63, 3.8) is 0 Å². The predicted octanol–water partition coefficient (Wildman–Crippen LogP) is 0.372. The summed E-state index contributed by atoms with van der Waals surface area (Å²) in [5.74, 6) is -0.259. The standard InChI is InChI=1S/C9H15N3O3/c1-3-6-4-7(15-8(6)13)5(2)11-12-9(10)14/h6-7H,3-4H2,1-2H3,(H3,10,12,14)/b11-5+. The highest BCUT2D eigenvalue weighted by Gasteiger charge is 2.34. The smallest absolute Gasteiger partial charge is 0.332 e. The van der Waals surface area contributed by atoms with Gasteiger partial charge < -0.3 is 10.5 Å². The molecule has 2 atom stereocenters. The lowest BCUT2D eigenvalue weighted by Crippen LogP contribution is -2.28. The van der Waals surface area contributed by atoms with E-state index >= 15 is 0 Å². The molecule has 6 nitrogen and oxygen atoms in total. The van der Waals surface area contributed by atoms with Gasteiger partial charge in [0.1, 0.15) is 6.10 Å². The highest BCUT2D eigenvalue weighted by molar-refractivity contribution is 5.91. The van der Waals surface area contributed by atoms with Crippen molar-refractivity contribution in [2.45, 2.75) is 32.8 Å². The fourth-order valence-corrected chi connectivity index (χ4v) is 1.44. The van der Waals surface area contributed by atoms with Crippen LogP contribution < -0.4 is 11.2 Å². The maximum Gasteiger partial charge on any atom is 0.332 e. The predicted molar refractivity (Wildman–Crippen MR) is 54.1 cm³/mol. The molecule has 1 rings (SSSR count). The molecule has 0 bridgehead atoms. The molecule has 1 aliphatic rings. The highest BCUT2D eigenvalue weighted by Crippen LogP contribution is 2.24. The topological polar surface area (TPSA) is 93.8 Å². The number of esters is 1. The SMILES string of the molecule is CCC1CC(/C(C)=N/NC(N)=O)OC1=O. The second-order valence-electron chi connectivity index (χ2n) is 3.50. The van der Waals surface area contributed by atoms with Gasteiger partial charge in [-0.05, 0) is 13.3 Å². The zero-order valence-electron chi connectivity index (χ0n) is 8.82. The molecule has 0 aromatic heterocycles. The molecule has 84 valence electrons. The first-order valence-electron chi connectivity index (χ1n) is 4.84. The molecule has 6 heteroatoms. The van der Waals surface area contributed by atoms with Crippen molar-refractivity contribution in [2.75, 3.05) is 0 Å². The van der Waals surface area contributed by atoms with Crippen LogP contribution in [0.5, 0.6) is 0 Å². The molecule has 0 saturated carbocycles. The summed E-state index contributed by atoms with van der Waals surface area (Å²) in [6, 6.07) is -0.731. The first-order valence-corrected chi connectivity index (χ1v) is 4.84. The average molecular weight is 213 g/mol. The van der Waals surface area contributed by atoms with Crippen LogP contribution in [0.1, 0.15) is 26.7 Å². The Bertz CT molecular complexity index is 301. The number of nitrogens with two attached hydrogens (primary N) is 1. The van der Waals surface area contributed by atoms with Crippen LogP contribution in [0.15, 0.2) is 5.10 Å². The van der Waals surface area contributed by atoms with E-state index < -0.39 is 6.03 Å². The van der Waals surface area contributed by atoms with Crippen LogP contribution in [0, 0.1) is 5.92 Å². The van der Waals surface area contributed by atoms with Gasteiger partial charge in [-0.3, -0.25) is 4.79 Å². The van der Waals surface area contributed by atoms with E-state index in [0.717, 1.165) is 6.42 Å². The van der Waals surface area contributed by atoms with E-state index in [4.69, 9.17) is 10.5 Å². The zero-order chi connectivity index (χ0) is 11.4. The number of primary amides is 1. The second kappa shape index (κ2) is 4.77. The van der Waals surface area contributed by atoms with Crippen molar-refractivity contribution in [3.8, 4) is 0 Å². The summed E-state index contributed by atoms with van der Waals surface area (Å²) in [5.41, 5.74) is 7.51. The molecular formula is C9H15N3O3. The molecule has 2 amide bonds. The fraction of sp³-hybridized carbons (Fsp3) is 0.667. The summed E-state index contributed by atoms with van der Waals surface area (Å²) in [6.45, 7) is 3.62. The van der Waals surface area contributed by atoms with Gasteiger partial charge in [0.05, 0.1) is 11.6 Å². The van der Waals surface area contributed by atoms with Gasteiger partial charge in [-0.25, -0.2) is 10.2 Å². The Morgan fingerprint density at radius 1 is 1.73 bits per heavy atom. The summed E-state index contributed by atoms with van der Waals surface area (Å²) in [5, 5.41) is 3.72. The minimum Gasteiger partial charge on any atom is -0.456 e. The van der Waals surface area contributed by atoms with Crippen LogP contribution >= 0.6 is 0 Å². The lowest BCUT2D eigenvalue weighted by molar-refractivity contribution is -0.142. The van der Waals surface area contributed by atoms with Crippen molar-refractivity contribution < 1.29 is 14.3 Å². The third kappa shape index (κ3) is 2.93. The van der Waals surface area contributed by atoms with Crippen molar-refractivity contribution >= 4 is 17.7 Å². The van der Waals surface area contributed by atoms with E-state index in [1.54, 1.807) is 6.92 Å². The molecule has 15 heavy (non-hydrogen) atoms. The first-order chi connectivity index (χ1) is 7.04. The summed E-state index contributed by atoms with van der Waals surface area (Å²) in [6.07, 6.45) is 1.03. The highest BCUT2D eigenvalue weighted by atomic mass is 16.6. The number of rotatable bonds is 3. The van der Waals surface area contributed by atoms with Gasteiger partial charge in [0, 0.05) is 6.42 Å². The van der Waals surface area contributed by atoms with E-state index in [0.29, 0.717) is 12.1 Å². The number of urea groups is 1. The van der Waals surface area contributed by atoms with E-state index in [9.17, 15) is 9.59 Å². The van der Waals surface area contributed by atoms with Crippen molar-refractivity contribution in [1.82, 2.24) is 5.43 Å². The third-order valence-electron chi connectivity index (χ3n) is 2.39. The largest absolute Gasteiger partial charge is 0.456 e. The molecule has 1 fully saturated rings. The first kappa shape index (κ1) is 11.5. The van der Waals surface area contributed by atoms with Gasteiger partial charge in [-0.1, -0.05) is 6.92 Å². The molecule has 1 heterocycles. The molecule has 0 spiro atoms. The minimum absolute atomic E-state index is 0.0614. The number of carbonyl (C=O) groups excluding carboxylic acids is 2. The number of hydrazone groups is 1. The van der Waals surface area contributed by atoms with E-state index in [-0.39, 0.29) is 18.0 Å². The zero-order valence-corrected chi connectivity index (χ0v) is 8.82. The molecule has 3 N–H and O–H groups in total. The maximum absolute atomic E-state index is 11.3. The van der Waals surface area contributed by atoms with Gasteiger partial charge >= 0.3 is 12.0 Å². The van der Waals surface area contributed by atoms with Crippen LogP contribution in [0.25, 0.3) is 0 Å². The summed E-state index contributed by atoms with van der Waals surface area (Å²) in [7, 11) is 0. The number of cyclic esters (lactones) is 1. The van der Waals surface area contributed by atoms with Gasteiger partial charge in [-0.15, -0.1) is 0 Å². The molecule has 1 aliphatic heterocycles. The number of nitrogens with zero attached hydrogens (tertiary/aromatic N) is 1. The maximum atomic E-state index is 11.3. The van der Waals surface area contributed by atoms with Crippen molar-refractivity contribution in [2.24, 2.45) is 16.8 Å². The number of ether oxygens (including phenoxy) is 1. The molecule has 0 aromatic rings. The number of hydrogen-bond acceptors (Lipinski definition) is 4. The Morgan fingerprint density at radius 3 is 2.87 bits per heavy atom. The molecule has 0 aromatic carbocycles. The Hall–Kier alpha value is -1.59. The van der Waals surface area contributed by atoms with Gasteiger partial charge in [-0.2, -0.15) is 5.10 Å². The van der Waals surface area contributed by atoms with Crippen molar-refractivity contribution in [3.05, 3.63) is 0 Å². The van der Waals surface area contributed by atoms with Crippen LogP contribution in [0.2, 0.25) is 0 Å². The normalized spacial score (nSPS) is 26.3. The monoisotopic (exact) mass is 213 g/mol. The molecular weight excluding hydrogens is 198 g/mol. The van der Waals surface area contributed by atoms with Gasteiger partial charge in [0.15, 0.2) is 0 Å². The molecule has 2 unspecified atom stereocenters. The average Bonchev–Trinajstić information content (AvgIpc) is 2.56. The number of hydrogen-bond donors (Lipinski definition) is 2. The van der Waals surface area contributed by atoms with E-state index in [2.05, 4.69) is 10.5 Å². The second-order valence-corrected chi connectivity index (χ2v) is 3.50. The van der Waals surface area contributed by atoms with Crippen LogP contribution in [-0.2, 0) is 9.53 Å².